The van der Waals surface area contributed by atoms with E-state index in [9.17, 15) is 4.79 Å². The van der Waals surface area contributed by atoms with Gasteiger partial charge in [0.15, 0.2) is 6.61 Å². The van der Waals surface area contributed by atoms with E-state index in [1.165, 1.54) is 16.0 Å². The summed E-state index contributed by atoms with van der Waals surface area (Å²) in [6, 6.07) is 5.95. The highest BCUT2D eigenvalue weighted by molar-refractivity contribution is 7.09. The van der Waals surface area contributed by atoms with Crippen molar-refractivity contribution in [3.63, 3.8) is 0 Å². The summed E-state index contributed by atoms with van der Waals surface area (Å²) >= 11 is 1.71. The molecule has 0 aliphatic carbocycles. The van der Waals surface area contributed by atoms with Crippen molar-refractivity contribution in [3.05, 3.63) is 45.4 Å². The Morgan fingerprint density at radius 3 is 2.73 bits per heavy atom. The van der Waals surface area contributed by atoms with Gasteiger partial charge >= 0.3 is 0 Å². The Morgan fingerprint density at radius 2 is 2.00 bits per heavy atom. The summed E-state index contributed by atoms with van der Waals surface area (Å²) in [6.07, 6.45) is 0.993. The molecule has 1 saturated heterocycles. The number of ether oxygens (including phenoxy) is 1. The van der Waals surface area contributed by atoms with Crippen LogP contribution in [0.3, 0.4) is 0 Å². The molecule has 140 valence electrons. The summed E-state index contributed by atoms with van der Waals surface area (Å²) in [6.45, 7) is 10.7. The Hall–Kier alpha value is -1.92. The van der Waals surface area contributed by atoms with Gasteiger partial charge < -0.3 is 9.64 Å². The summed E-state index contributed by atoms with van der Waals surface area (Å²) in [5, 5.41) is 0. The van der Waals surface area contributed by atoms with Crippen molar-refractivity contribution < 1.29 is 9.53 Å². The van der Waals surface area contributed by atoms with Gasteiger partial charge in [-0.05, 0) is 50.5 Å². The summed E-state index contributed by atoms with van der Waals surface area (Å²) in [5.74, 6) is 0.831. The number of aryl methyl sites for hydroxylation is 3. The van der Waals surface area contributed by atoms with Gasteiger partial charge in [-0.1, -0.05) is 6.07 Å². The fourth-order valence-electron chi connectivity index (χ4n) is 3.10. The molecule has 0 bridgehead atoms. The molecule has 2 heterocycles. The van der Waals surface area contributed by atoms with Gasteiger partial charge in [-0.2, -0.15) is 0 Å². The molecule has 0 unspecified atom stereocenters. The van der Waals surface area contributed by atoms with Crippen LogP contribution < -0.4 is 4.74 Å². The van der Waals surface area contributed by atoms with Crippen LogP contribution in [-0.4, -0.2) is 53.5 Å². The number of rotatable bonds is 5. The molecule has 0 radical (unpaired) electrons. The second-order valence-corrected chi connectivity index (χ2v) is 7.85. The minimum atomic E-state index is 0.0686. The quantitative estimate of drug-likeness (QED) is 0.808. The van der Waals surface area contributed by atoms with Gasteiger partial charge in [0, 0.05) is 37.6 Å². The van der Waals surface area contributed by atoms with Gasteiger partial charge in [-0.15, -0.1) is 11.3 Å². The van der Waals surface area contributed by atoms with Crippen LogP contribution in [0, 0.1) is 20.8 Å². The van der Waals surface area contributed by atoms with Crippen molar-refractivity contribution in [2.45, 2.75) is 33.7 Å². The summed E-state index contributed by atoms with van der Waals surface area (Å²) in [7, 11) is 0. The van der Waals surface area contributed by atoms with E-state index in [0.29, 0.717) is 0 Å². The number of carbonyl (C=O) groups is 1. The van der Waals surface area contributed by atoms with E-state index >= 15 is 0 Å². The average molecular weight is 374 g/mol. The maximum Gasteiger partial charge on any atom is 0.260 e. The Kier molecular flexibility index (Phi) is 6.27. The number of hydrogen-bond donors (Lipinski definition) is 0. The maximum absolute atomic E-state index is 12.5. The molecule has 26 heavy (non-hydrogen) atoms. The van der Waals surface area contributed by atoms with Crippen molar-refractivity contribution in [1.29, 1.82) is 0 Å². The number of aromatic nitrogens is 1. The lowest BCUT2D eigenvalue weighted by Gasteiger charge is -2.22. The number of carbonyl (C=O) groups excluding carboxylic acids is 1. The average Bonchev–Trinajstić information content (AvgIpc) is 2.88. The number of thiazole rings is 1. The molecule has 2 aromatic rings. The Labute approximate surface area is 159 Å². The van der Waals surface area contributed by atoms with Gasteiger partial charge in [0.05, 0.1) is 11.2 Å². The molecule has 0 saturated carbocycles. The molecule has 6 heteroatoms. The Morgan fingerprint density at radius 1 is 1.15 bits per heavy atom. The SMILES string of the molecule is Cc1ccc(OCC(=O)N2CCCN(Cc3scnc3C)CC2)cc1C. The highest BCUT2D eigenvalue weighted by Crippen LogP contribution is 2.18. The zero-order valence-corrected chi connectivity index (χ0v) is 16.6. The van der Waals surface area contributed by atoms with Crippen molar-refractivity contribution in [1.82, 2.24) is 14.8 Å². The van der Waals surface area contributed by atoms with Gasteiger partial charge in [0.2, 0.25) is 0 Å². The molecule has 1 aliphatic rings. The predicted octanol–water partition coefficient (Wildman–Crippen LogP) is 3.18. The van der Waals surface area contributed by atoms with Gasteiger partial charge in [-0.3, -0.25) is 9.69 Å². The lowest BCUT2D eigenvalue weighted by atomic mass is 10.1. The molecular weight excluding hydrogens is 346 g/mol. The topological polar surface area (TPSA) is 45.7 Å². The van der Waals surface area contributed by atoms with Crippen LogP contribution in [0.2, 0.25) is 0 Å². The van der Waals surface area contributed by atoms with Crippen LogP contribution in [0.4, 0.5) is 0 Å². The standard InChI is InChI=1S/C20H27N3O2S/c1-15-5-6-18(11-16(15)2)25-13-20(24)23-8-4-7-22(9-10-23)12-19-17(3)21-14-26-19/h5-6,11,14H,4,7-10,12-13H2,1-3H3. The maximum atomic E-state index is 12.5. The van der Waals surface area contributed by atoms with E-state index in [2.05, 4.69) is 30.7 Å². The first kappa shape index (κ1) is 18.9. The van der Waals surface area contributed by atoms with Crippen molar-refractivity contribution >= 4 is 17.2 Å². The zero-order chi connectivity index (χ0) is 18.5. The van der Waals surface area contributed by atoms with Crippen LogP contribution in [0.25, 0.3) is 0 Å². The number of amides is 1. The van der Waals surface area contributed by atoms with Crippen molar-refractivity contribution in [3.8, 4) is 5.75 Å². The molecule has 1 aromatic heterocycles. The monoisotopic (exact) mass is 373 g/mol. The van der Waals surface area contributed by atoms with E-state index in [1.807, 2.05) is 28.6 Å². The summed E-state index contributed by atoms with van der Waals surface area (Å²) in [5.41, 5.74) is 5.43. The summed E-state index contributed by atoms with van der Waals surface area (Å²) < 4.78 is 5.71. The van der Waals surface area contributed by atoms with Crippen LogP contribution in [0.5, 0.6) is 5.75 Å². The second-order valence-electron chi connectivity index (χ2n) is 6.91. The predicted molar refractivity (Wildman–Crippen MR) is 105 cm³/mol. The number of hydrogen-bond acceptors (Lipinski definition) is 5. The molecule has 0 atom stereocenters. The molecule has 3 rings (SSSR count). The molecule has 0 spiro atoms. The van der Waals surface area contributed by atoms with E-state index in [4.69, 9.17) is 4.74 Å². The fourth-order valence-corrected chi connectivity index (χ4v) is 3.92. The minimum absolute atomic E-state index is 0.0686. The van der Waals surface area contributed by atoms with Crippen molar-refractivity contribution in [2.24, 2.45) is 0 Å². The smallest absolute Gasteiger partial charge is 0.260 e. The fraction of sp³-hybridized carbons (Fsp3) is 0.500. The lowest BCUT2D eigenvalue weighted by molar-refractivity contribution is -0.133. The normalized spacial score (nSPS) is 15.7. The molecule has 1 fully saturated rings. The third kappa shape index (κ3) is 4.83. The van der Waals surface area contributed by atoms with Gasteiger partial charge in [0.25, 0.3) is 5.91 Å². The van der Waals surface area contributed by atoms with E-state index in [-0.39, 0.29) is 12.5 Å². The van der Waals surface area contributed by atoms with Crippen LogP contribution in [-0.2, 0) is 11.3 Å². The molecule has 5 nitrogen and oxygen atoms in total. The van der Waals surface area contributed by atoms with E-state index in [0.717, 1.165) is 50.6 Å². The Bertz CT molecular complexity index is 759. The van der Waals surface area contributed by atoms with Crippen LogP contribution in [0.15, 0.2) is 23.7 Å². The zero-order valence-electron chi connectivity index (χ0n) is 15.8. The second kappa shape index (κ2) is 8.64. The largest absolute Gasteiger partial charge is 0.484 e. The van der Waals surface area contributed by atoms with Crippen LogP contribution in [0.1, 0.15) is 28.1 Å². The minimum Gasteiger partial charge on any atom is -0.484 e. The van der Waals surface area contributed by atoms with E-state index in [1.54, 1.807) is 11.3 Å². The number of benzene rings is 1. The molecule has 1 aromatic carbocycles. The molecular formula is C20H27N3O2S. The third-order valence-electron chi connectivity index (χ3n) is 4.99. The number of nitrogens with zero attached hydrogens (tertiary/aromatic N) is 3. The first-order chi connectivity index (χ1) is 12.5. The van der Waals surface area contributed by atoms with Gasteiger partial charge in [-0.25, -0.2) is 4.98 Å². The molecule has 0 N–H and O–H groups in total. The van der Waals surface area contributed by atoms with Crippen molar-refractivity contribution in [2.75, 3.05) is 32.8 Å². The van der Waals surface area contributed by atoms with E-state index < -0.39 is 0 Å². The third-order valence-corrected chi connectivity index (χ3v) is 5.91. The highest BCUT2D eigenvalue weighted by Gasteiger charge is 2.20. The lowest BCUT2D eigenvalue weighted by Crippen LogP contribution is -2.38. The van der Waals surface area contributed by atoms with Crippen LogP contribution >= 0.6 is 11.3 Å². The Balaban J connectivity index is 1.49. The highest BCUT2D eigenvalue weighted by atomic mass is 32.1. The first-order valence-corrected chi connectivity index (χ1v) is 10.00. The molecule has 1 aliphatic heterocycles. The first-order valence-electron chi connectivity index (χ1n) is 9.12. The molecule has 1 amide bonds. The summed E-state index contributed by atoms with van der Waals surface area (Å²) in [4.78, 5) is 22.5. The van der Waals surface area contributed by atoms with Gasteiger partial charge in [0.1, 0.15) is 5.75 Å².